The molecule has 3 N–H and O–H groups in total. The number of nitrogens with two attached hydrogens (primary N) is 1. The van der Waals surface area contributed by atoms with Gasteiger partial charge < -0.3 is 25.1 Å². The van der Waals surface area contributed by atoms with E-state index in [-0.39, 0.29) is 18.1 Å². The molecule has 0 radical (unpaired) electrons. The number of rotatable bonds is 6. The van der Waals surface area contributed by atoms with Gasteiger partial charge in [0.2, 0.25) is 5.91 Å². The van der Waals surface area contributed by atoms with Crippen LogP contribution in [0.4, 0.5) is 24.7 Å². The third kappa shape index (κ3) is 4.51. The van der Waals surface area contributed by atoms with E-state index in [2.05, 4.69) is 20.0 Å². The summed E-state index contributed by atoms with van der Waals surface area (Å²) in [6, 6.07) is 10.5. The number of carbonyl (C=O) groups excluding carboxylic acids is 1. The average Bonchev–Trinajstić information content (AvgIpc) is 3.42. The van der Waals surface area contributed by atoms with Crippen molar-refractivity contribution >= 4 is 28.4 Å². The van der Waals surface area contributed by atoms with Crippen LogP contribution in [0.3, 0.4) is 0 Å². The first-order chi connectivity index (χ1) is 17.2. The number of methoxy groups -OCH3 is 1. The fraction of sp³-hybridized carbons (Fsp3) is 0.240. The summed E-state index contributed by atoms with van der Waals surface area (Å²) in [4.78, 5) is 21.3. The lowest BCUT2D eigenvalue weighted by atomic mass is 10.1. The molecule has 4 aromatic rings. The zero-order valence-electron chi connectivity index (χ0n) is 19.2. The highest BCUT2D eigenvalue weighted by atomic mass is 19.4. The molecule has 11 heteroatoms. The van der Waals surface area contributed by atoms with Gasteiger partial charge in [0.15, 0.2) is 5.82 Å². The molecule has 0 atom stereocenters. The second-order valence-corrected chi connectivity index (χ2v) is 8.37. The molecule has 2 aromatic carbocycles. The Morgan fingerprint density at radius 1 is 1.14 bits per heavy atom. The lowest BCUT2D eigenvalue weighted by Gasteiger charge is -2.15. The number of halogens is 3. The van der Waals surface area contributed by atoms with Crippen LogP contribution >= 0.6 is 0 Å². The summed E-state index contributed by atoms with van der Waals surface area (Å²) in [5.74, 6) is 0.130. The van der Waals surface area contributed by atoms with Gasteiger partial charge in [-0.2, -0.15) is 0 Å². The second kappa shape index (κ2) is 9.06. The molecule has 0 saturated carbocycles. The molecular weight excluding hydrogens is 475 g/mol. The number of alkyl halides is 3. The number of anilines is 2. The van der Waals surface area contributed by atoms with E-state index in [1.165, 1.54) is 43.3 Å². The lowest BCUT2D eigenvalue weighted by Crippen LogP contribution is -2.17. The monoisotopic (exact) mass is 497 g/mol. The van der Waals surface area contributed by atoms with Crippen molar-refractivity contribution in [3.63, 3.8) is 0 Å². The van der Waals surface area contributed by atoms with Crippen LogP contribution in [0, 0.1) is 0 Å². The third-order valence-electron chi connectivity index (χ3n) is 6.06. The van der Waals surface area contributed by atoms with E-state index < -0.39 is 6.36 Å². The molecule has 0 saturated heterocycles. The highest BCUT2D eigenvalue weighted by Crippen LogP contribution is 2.38. The van der Waals surface area contributed by atoms with Crippen molar-refractivity contribution in [3.05, 3.63) is 65.6 Å². The molecule has 0 spiro atoms. The van der Waals surface area contributed by atoms with Crippen LogP contribution in [-0.2, 0) is 24.1 Å². The van der Waals surface area contributed by atoms with Gasteiger partial charge in [-0.15, -0.1) is 13.2 Å². The lowest BCUT2D eigenvalue weighted by molar-refractivity contribution is -0.274. The van der Waals surface area contributed by atoms with Crippen molar-refractivity contribution in [3.8, 4) is 17.2 Å². The molecule has 2 heterocycles. The number of nitrogens with zero attached hydrogens (tertiary/aromatic N) is 3. The number of aromatic nitrogens is 3. The minimum Gasteiger partial charge on any atom is -0.494 e. The topological polar surface area (TPSA) is 104 Å². The number of nitrogens with one attached hydrogen (secondary N) is 1. The maximum absolute atomic E-state index is 12.6. The Morgan fingerprint density at radius 2 is 1.92 bits per heavy atom. The van der Waals surface area contributed by atoms with Crippen LogP contribution in [0.25, 0.3) is 16.7 Å². The zero-order valence-corrected chi connectivity index (χ0v) is 19.2. The average molecular weight is 497 g/mol. The summed E-state index contributed by atoms with van der Waals surface area (Å²) in [7, 11) is 1.50. The minimum atomic E-state index is -4.77. The minimum absolute atomic E-state index is 0.0409. The summed E-state index contributed by atoms with van der Waals surface area (Å²) >= 11 is 0. The Bertz CT molecular complexity index is 1450. The third-order valence-corrected chi connectivity index (χ3v) is 6.06. The Kier molecular flexibility index (Phi) is 5.91. The molecule has 5 rings (SSSR count). The molecule has 186 valence electrons. The van der Waals surface area contributed by atoms with Crippen LogP contribution < -0.4 is 20.5 Å². The molecule has 0 aliphatic heterocycles. The van der Waals surface area contributed by atoms with Gasteiger partial charge in [0.25, 0.3) is 0 Å². The first-order valence-corrected chi connectivity index (χ1v) is 11.2. The summed E-state index contributed by atoms with van der Waals surface area (Å²) < 4.78 is 48.4. The molecule has 1 aliphatic carbocycles. The van der Waals surface area contributed by atoms with Gasteiger partial charge in [-0.05, 0) is 54.7 Å². The number of carbonyl (C=O) groups is 1. The number of hydrogen-bond donors (Lipinski definition) is 2. The van der Waals surface area contributed by atoms with Gasteiger partial charge in [0.1, 0.15) is 23.3 Å². The second-order valence-electron chi connectivity index (χ2n) is 8.37. The number of hydrogen-bond acceptors (Lipinski definition) is 6. The van der Waals surface area contributed by atoms with Gasteiger partial charge in [0, 0.05) is 17.4 Å². The Morgan fingerprint density at radius 3 is 2.64 bits per heavy atom. The van der Waals surface area contributed by atoms with E-state index in [0.717, 1.165) is 41.7 Å². The summed E-state index contributed by atoms with van der Waals surface area (Å²) in [5.41, 5.74) is 11.9. The van der Waals surface area contributed by atoms with Crippen molar-refractivity contribution in [2.75, 3.05) is 18.2 Å². The molecule has 0 unspecified atom stereocenters. The van der Waals surface area contributed by atoms with E-state index in [4.69, 9.17) is 10.5 Å². The summed E-state index contributed by atoms with van der Waals surface area (Å²) in [6.45, 7) is 0. The normalized spacial score (nSPS) is 13.0. The fourth-order valence-electron chi connectivity index (χ4n) is 4.59. The molecule has 0 bridgehead atoms. The molecule has 1 aliphatic rings. The fourth-order valence-corrected chi connectivity index (χ4v) is 4.59. The van der Waals surface area contributed by atoms with Crippen LogP contribution in [0.15, 0.2) is 48.8 Å². The first kappa shape index (κ1) is 23.5. The number of aryl methyl sites for hydroxylation is 1. The van der Waals surface area contributed by atoms with Crippen molar-refractivity contribution in [2.24, 2.45) is 0 Å². The van der Waals surface area contributed by atoms with Crippen molar-refractivity contribution in [2.45, 2.75) is 32.0 Å². The largest absolute Gasteiger partial charge is 0.573 e. The highest BCUT2D eigenvalue weighted by molar-refractivity contribution is 5.94. The number of fused-ring (bicyclic) bond motifs is 3. The molecule has 36 heavy (non-hydrogen) atoms. The Labute approximate surface area is 203 Å². The van der Waals surface area contributed by atoms with Crippen molar-refractivity contribution in [1.82, 2.24) is 14.5 Å². The number of ether oxygens (including phenoxy) is 2. The number of nitrogen functional groups attached to an aromatic ring is 1. The highest BCUT2D eigenvalue weighted by Gasteiger charge is 2.31. The standard InChI is InChI=1S/C25H22F3N5O3/c1-35-20-12-15(33-19-4-2-3-17(19)22-23(33)24(29)31-13-30-22)7-10-18(20)32-21(34)11-14-5-8-16(9-6-14)36-25(26,27)28/h5-10,12-13H,2-4,11H2,1H3,(H,32,34)(H2,29,30,31). The first-order valence-electron chi connectivity index (χ1n) is 11.2. The smallest absolute Gasteiger partial charge is 0.494 e. The van der Waals surface area contributed by atoms with E-state index in [1.54, 1.807) is 6.07 Å². The number of benzene rings is 2. The van der Waals surface area contributed by atoms with Gasteiger partial charge in [0.05, 0.1) is 24.7 Å². The van der Waals surface area contributed by atoms with Gasteiger partial charge in [-0.3, -0.25) is 4.79 Å². The maximum atomic E-state index is 12.6. The van der Waals surface area contributed by atoms with Crippen LogP contribution in [0.5, 0.6) is 11.5 Å². The SMILES string of the molecule is COc1cc(-n2c3c(c4ncnc(N)c42)CCC3)ccc1NC(=O)Cc1ccc(OC(F)(F)F)cc1. The summed E-state index contributed by atoms with van der Waals surface area (Å²) in [6.07, 6.45) is -0.507. The molecule has 0 fully saturated rings. The van der Waals surface area contributed by atoms with Crippen LogP contribution in [0.1, 0.15) is 23.2 Å². The molecule has 8 nitrogen and oxygen atoms in total. The zero-order chi connectivity index (χ0) is 25.4. The van der Waals surface area contributed by atoms with Crippen LogP contribution in [0.2, 0.25) is 0 Å². The van der Waals surface area contributed by atoms with E-state index in [1.807, 2.05) is 16.7 Å². The molecule has 2 aromatic heterocycles. The van der Waals surface area contributed by atoms with Gasteiger partial charge in [-0.1, -0.05) is 12.1 Å². The van der Waals surface area contributed by atoms with Crippen LogP contribution in [-0.4, -0.2) is 33.9 Å². The number of amides is 1. The Balaban J connectivity index is 1.38. The Hall–Kier alpha value is -4.28. The summed E-state index contributed by atoms with van der Waals surface area (Å²) in [5, 5.41) is 2.80. The van der Waals surface area contributed by atoms with E-state index in [9.17, 15) is 18.0 Å². The quantitative estimate of drug-likeness (QED) is 0.404. The van der Waals surface area contributed by atoms with Crippen molar-refractivity contribution < 1.29 is 27.4 Å². The predicted octanol–water partition coefficient (Wildman–Crippen LogP) is 4.58. The van der Waals surface area contributed by atoms with Gasteiger partial charge >= 0.3 is 6.36 Å². The maximum Gasteiger partial charge on any atom is 0.573 e. The van der Waals surface area contributed by atoms with E-state index in [0.29, 0.717) is 22.8 Å². The molecule has 1 amide bonds. The van der Waals surface area contributed by atoms with Crippen molar-refractivity contribution in [1.29, 1.82) is 0 Å². The predicted molar refractivity (Wildman–Crippen MR) is 127 cm³/mol. The van der Waals surface area contributed by atoms with E-state index >= 15 is 0 Å². The van der Waals surface area contributed by atoms with Gasteiger partial charge in [-0.25, -0.2) is 9.97 Å². The molecular formula is C25H22F3N5O3.